The highest BCUT2D eigenvalue weighted by molar-refractivity contribution is 9.10. The SMILES string of the molecule is CNC(Cc1cncc(Br)c1)Cn1cnc2ccccc21. The van der Waals surface area contributed by atoms with E-state index in [9.17, 15) is 0 Å². The third kappa shape index (κ3) is 3.31. The molecule has 0 bridgehead atoms. The summed E-state index contributed by atoms with van der Waals surface area (Å²) >= 11 is 3.47. The summed E-state index contributed by atoms with van der Waals surface area (Å²) in [4.78, 5) is 8.67. The molecule has 1 aromatic carbocycles. The van der Waals surface area contributed by atoms with Gasteiger partial charge >= 0.3 is 0 Å². The number of para-hydroxylation sites is 2. The predicted molar refractivity (Wildman–Crippen MR) is 88.2 cm³/mol. The van der Waals surface area contributed by atoms with Gasteiger partial charge in [-0.05, 0) is 53.2 Å². The standard InChI is InChI=1S/C16H17BrN4/c1-18-14(7-12-6-13(17)9-19-8-12)10-21-11-20-15-4-2-3-5-16(15)21/h2-6,8-9,11,14,18H,7,10H2,1H3. The zero-order valence-corrected chi connectivity index (χ0v) is 13.4. The minimum Gasteiger partial charge on any atom is -0.329 e. The monoisotopic (exact) mass is 344 g/mol. The molecule has 108 valence electrons. The van der Waals surface area contributed by atoms with Crippen LogP contribution in [0, 0.1) is 0 Å². The molecule has 3 aromatic rings. The van der Waals surface area contributed by atoms with Crippen LogP contribution in [-0.2, 0) is 13.0 Å². The number of halogens is 1. The fourth-order valence-corrected chi connectivity index (χ4v) is 2.92. The molecule has 0 aliphatic carbocycles. The number of benzene rings is 1. The first-order valence-electron chi connectivity index (χ1n) is 6.93. The van der Waals surface area contributed by atoms with Crippen molar-refractivity contribution in [3.63, 3.8) is 0 Å². The van der Waals surface area contributed by atoms with Crippen molar-refractivity contribution in [1.29, 1.82) is 0 Å². The van der Waals surface area contributed by atoms with E-state index in [-0.39, 0.29) is 0 Å². The van der Waals surface area contributed by atoms with Gasteiger partial charge in [0.2, 0.25) is 0 Å². The second kappa shape index (κ2) is 6.37. The molecule has 4 nitrogen and oxygen atoms in total. The molecule has 0 saturated heterocycles. The summed E-state index contributed by atoms with van der Waals surface area (Å²) in [6.07, 6.45) is 6.56. The van der Waals surface area contributed by atoms with Crippen LogP contribution in [0.3, 0.4) is 0 Å². The molecule has 3 rings (SSSR count). The maximum absolute atomic E-state index is 4.44. The Bertz CT molecular complexity index is 738. The van der Waals surface area contributed by atoms with Gasteiger partial charge in [0, 0.05) is 29.5 Å². The highest BCUT2D eigenvalue weighted by atomic mass is 79.9. The number of likely N-dealkylation sites (N-methyl/N-ethyl adjacent to an activating group) is 1. The van der Waals surface area contributed by atoms with Crippen LogP contribution >= 0.6 is 15.9 Å². The van der Waals surface area contributed by atoms with Crippen LogP contribution in [-0.4, -0.2) is 27.6 Å². The Hall–Kier alpha value is -1.72. The van der Waals surface area contributed by atoms with Crippen molar-refractivity contribution in [3.8, 4) is 0 Å². The highest BCUT2D eigenvalue weighted by Gasteiger charge is 2.11. The minimum atomic E-state index is 0.332. The third-order valence-electron chi connectivity index (χ3n) is 3.60. The van der Waals surface area contributed by atoms with Crippen LogP contribution in [0.25, 0.3) is 11.0 Å². The second-order valence-corrected chi connectivity index (χ2v) is 6.00. The Morgan fingerprint density at radius 1 is 1.29 bits per heavy atom. The van der Waals surface area contributed by atoms with Gasteiger partial charge in [-0.3, -0.25) is 4.98 Å². The van der Waals surface area contributed by atoms with Gasteiger partial charge in [-0.2, -0.15) is 0 Å². The minimum absolute atomic E-state index is 0.332. The van der Waals surface area contributed by atoms with Gasteiger partial charge in [0.15, 0.2) is 0 Å². The van der Waals surface area contributed by atoms with E-state index in [0.29, 0.717) is 6.04 Å². The van der Waals surface area contributed by atoms with Gasteiger partial charge < -0.3 is 9.88 Å². The van der Waals surface area contributed by atoms with Crippen molar-refractivity contribution in [2.24, 2.45) is 0 Å². The number of nitrogens with zero attached hydrogens (tertiary/aromatic N) is 3. The van der Waals surface area contributed by atoms with Gasteiger partial charge in [-0.15, -0.1) is 0 Å². The molecule has 0 radical (unpaired) electrons. The summed E-state index contributed by atoms with van der Waals surface area (Å²) in [7, 11) is 2.00. The van der Waals surface area contributed by atoms with Crippen LogP contribution in [0.4, 0.5) is 0 Å². The summed E-state index contributed by atoms with van der Waals surface area (Å²) in [5.74, 6) is 0. The maximum Gasteiger partial charge on any atom is 0.0958 e. The molecule has 21 heavy (non-hydrogen) atoms. The first-order chi connectivity index (χ1) is 10.3. The predicted octanol–water partition coefficient (Wildman–Crippen LogP) is 3.02. The number of hydrogen-bond acceptors (Lipinski definition) is 3. The van der Waals surface area contributed by atoms with Crippen LogP contribution in [0.1, 0.15) is 5.56 Å². The first-order valence-corrected chi connectivity index (χ1v) is 7.72. The molecule has 0 spiro atoms. The number of nitrogens with one attached hydrogen (secondary N) is 1. The Labute approximate surface area is 132 Å². The molecule has 2 heterocycles. The number of imidazole rings is 1. The van der Waals surface area contributed by atoms with Gasteiger partial charge in [0.05, 0.1) is 17.4 Å². The second-order valence-electron chi connectivity index (χ2n) is 5.09. The van der Waals surface area contributed by atoms with E-state index in [2.05, 4.69) is 47.9 Å². The Balaban J connectivity index is 1.78. The number of pyridine rings is 1. The molecule has 1 unspecified atom stereocenters. The third-order valence-corrected chi connectivity index (χ3v) is 4.03. The van der Waals surface area contributed by atoms with Gasteiger partial charge in [-0.1, -0.05) is 12.1 Å². The van der Waals surface area contributed by atoms with Crippen molar-refractivity contribution >= 4 is 27.0 Å². The van der Waals surface area contributed by atoms with Crippen LogP contribution in [0.15, 0.2) is 53.5 Å². The molecule has 0 saturated carbocycles. The fraction of sp³-hybridized carbons (Fsp3) is 0.250. The van der Waals surface area contributed by atoms with E-state index in [1.165, 1.54) is 11.1 Å². The summed E-state index contributed by atoms with van der Waals surface area (Å²) in [6, 6.07) is 10.7. The molecular weight excluding hydrogens is 328 g/mol. The molecule has 2 aromatic heterocycles. The molecule has 0 aliphatic heterocycles. The van der Waals surface area contributed by atoms with Crippen molar-refractivity contribution in [2.45, 2.75) is 19.0 Å². The number of aromatic nitrogens is 3. The lowest BCUT2D eigenvalue weighted by Gasteiger charge is -2.17. The normalized spacial score (nSPS) is 12.7. The Morgan fingerprint density at radius 2 is 2.14 bits per heavy atom. The van der Waals surface area contributed by atoms with E-state index in [4.69, 9.17) is 0 Å². The number of fused-ring (bicyclic) bond motifs is 1. The van der Waals surface area contributed by atoms with Gasteiger partial charge in [0.25, 0.3) is 0 Å². The lowest BCUT2D eigenvalue weighted by molar-refractivity contribution is 0.484. The lowest BCUT2D eigenvalue weighted by Crippen LogP contribution is -2.32. The molecular formula is C16H17BrN4. The van der Waals surface area contributed by atoms with E-state index < -0.39 is 0 Å². The Morgan fingerprint density at radius 3 is 2.95 bits per heavy atom. The molecule has 5 heteroatoms. The smallest absolute Gasteiger partial charge is 0.0958 e. The van der Waals surface area contributed by atoms with E-state index >= 15 is 0 Å². The van der Waals surface area contributed by atoms with Gasteiger partial charge in [0.1, 0.15) is 0 Å². The highest BCUT2D eigenvalue weighted by Crippen LogP contribution is 2.15. The Kier molecular flexibility index (Phi) is 4.31. The van der Waals surface area contributed by atoms with Crippen LogP contribution < -0.4 is 5.32 Å². The quantitative estimate of drug-likeness (QED) is 0.773. The molecule has 1 N–H and O–H groups in total. The molecule has 0 amide bonds. The topological polar surface area (TPSA) is 42.7 Å². The average Bonchev–Trinajstić information content (AvgIpc) is 2.90. The van der Waals surface area contributed by atoms with Gasteiger partial charge in [-0.25, -0.2) is 4.98 Å². The fourth-order valence-electron chi connectivity index (χ4n) is 2.50. The summed E-state index contributed by atoms with van der Waals surface area (Å²) in [5.41, 5.74) is 3.43. The zero-order chi connectivity index (χ0) is 14.7. The van der Waals surface area contributed by atoms with Crippen molar-refractivity contribution < 1.29 is 0 Å². The van der Waals surface area contributed by atoms with Crippen molar-refractivity contribution in [3.05, 3.63) is 59.1 Å². The maximum atomic E-state index is 4.44. The summed E-state index contributed by atoms with van der Waals surface area (Å²) in [5, 5.41) is 3.38. The van der Waals surface area contributed by atoms with E-state index in [1.807, 2.05) is 37.8 Å². The molecule has 1 atom stereocenters. The van der Waals surface area contributed by atoms with Crippen LogP contribution in [0.2, 0.25) is 0 Å². The number of rotatable bonds is 5. The molecule has 0 aliphatic rings. The van der Waals surface area contributed by atoms with Crippen LogP contribution in [0.5, 0.6) is 0 Å². The average molecular weight is 345 g/mol. The first kappa shape index (κ1) is 14.2. The zero-order valence-electron chi connectivity index (χ0n) is 11.8. The van der Waals surface area contributed by atoms with Crippen molar-refractivity contribution in [2.75, 3.05) is 7.05 Å². The number of hydrogen-bond donors (Lipinski definition) is 1. The summed E-state index contributed by atoms with van der Waals surface area (Å²) < 4.78 is 3.21. The largest absolute Gasteiger partial charge is 0.329 e. The van der Waals surface area contributed by atoms with Crippen molar-refractivity contribution in [1.82, 2.24) is 19.9 Å². The summed E-state index contributed by atoms with van der Waals surface area (Å²) in [6.45, 7) is 0.878. The molecule has 0 fully saturated rings. The van der Waals surface area contributed by atoms with E-state index in [0.717, 1.165) is 23.0 Å². The van der Waals surface area contributed by atoms with E-state index in [1.54, 1.807) is 6.20 Å². The lowest BCUT2D eigenvalue weighted by atomic mass is 10.1.